The van der Waals surface area contributed by atoms with Crippen LogP contribution in [-0.4, -0.2) is 27.2 Å². The number of anilines is 1. The molecule has 26 heavy (non-hydrogen) atoms. The smallest absolute Gasteiger partial charge is 0.259 e. The molecule has 1 aliphatic carbocycles. The van der Waals surface area contributed by atoms with Gasteiger partial charge in [-0.3, -0.25) is 9.89 Å². The second-order valence-corrected chi connectivity index (χ2v) is 6.39. The first kappa shape index (κ1) is 16.3. The highest BCUT2D eigenvalue weighted by Crippen LogP contribution is 2.27. The SMILES string of the molecule is O=C(Nc1ccc(-c2ncn[nH]2)cc1)c1ccccc1OC1CCCC1. The van der Waals surface area contributed by atoms with Crippen LogP contribution in [0.1, 0.15) is 36.0 Å². The Labute approximate surface area is 151 Å². The third-order valence-electron chi connectivity index (χ3n) is 4.56. The fourth-order valence-corrected chi connectivity index (χ4v) is 3.20. The Balaban J connectivity index is 1.48. The fraction of sp³-hybridized carbons (Fsp3) is 0.250. The molecule has 1 fully saturated rings. The molecule has 2 aromatic carbocycles. The van der Waals surface area contributed by atoms with Gasteiger partial charge in [-0.15, -0.1) is 0 Å². The van der Waals surface area contributed by atoms with Gasteiger partial charge in [-0.1, -0.05) is 12.1 Å². The van der Waals surface area contributed by atoms with Crippen molar-refractivity contribution in [1.29, 1.82) is 0 Å². The van der Waals surface area contributed by atoms with Crippen molar-refractivity contribution < 1.29 is 9.53 Å². The number of ether oxygens (including phenoxy) is 1. The highest BCUT2D eigenvalue weighted by Gasteiger charge is 2.20. The molecular formula is C20H20N4O2. The molecule has 0 aliphatic heterocycles. The standard InChI is InChI=1S/C20H20N4O2/c25-20(17-7-3-4-8-18(17)26-16-5-1-2-6-16)23-15-11-9-14(10-12-15)19-21-13-22-24-19/h3-4,7-13,16H,1-2,5-6H2,(H,23,25)(H,21,22,24). The van der Waals surface area contributed by atoms with Crippen LogP contribution in [0.4, 0.5) is 5.69 Å². The lowest BCUT2D eigenvalue weighted by molar-refractivity contribution is 0.101. The molecule has 1 aliphatic rings. The van der Waals surface area contributed by atoms with Crippen molar-refractivity contribution in [2.75, 3.05) is 5.32 Å². The Kier molecular flexibility index (Phi) is 4.64. The van der Waals surface area contributed by atoms with E-state index >= 15 is 0 Å². The largest absolute Gasteiger partial charge is 0.490 e. The first-order valence-corrected chi connectivity index (χ1v) is 8.82. The monoisotopic (exact) mass is 348 g/mol. The number of nitrogens with one attached hydrogen (secondary N) is 2. The molecule has 2 N–H and O–H groups in total. The molecule has 6 nitrogen and oxygen atoms in total. The molecule has 3 aromatic rings. The van der Waals surface area contributed by atoms with Crippen molar-refractivity contribution in [3.8, 4) is 17.1 Å². The minimum absolute atomic E-state index is 0.175. The lowest BCUT2D eigenvalue weighted by Gasteiger charge is -2.16. The molecular weight excluding hydrogens is 328 g/mol. The molecule has 0 bridgehead atoms. The van der Waals surface area contributed by atoms with Crippen LogP contribution in [0.3, 0.4) is 0 Å². The molecule has 1 saturated carbocycles. The summed E-state index contributed by atoms with van der Waals surface area (Å²) >= 11 is 0. The van der Waals surface area contributed by atoms with Crippen molar-refractivity contribution in [3.63, 3.8) is 0 Å². The van der Waals surface area contributed by atoms with Gasteiger partial charge >= 0.3 is 0 Å². The molecule has 4 rings (SSSR count). The number of H-pyrrole nitrogens is 1. The van der Waals surface area contributed by atoms with Crippen LogP contribution >= 0.6 is 0 Å². The van der Waals surface area contributed by atoms with Gasteiger partial charge < -0.3 is 10.1 Å². The van der Waals surface area contributed by atoms with E-state index in [4.69, 9.17) is 4.74 Å². The highest BCUT2D eigenvalue weighted by molar-refractivity contribution is 6.06. The second kappa shape index (κ2) is 7.39. The number of benzene rings is 2. The lowest BCUT2D eigenvalue weighted by atomic mass is 10.1. The zero-order chi connectivity index (χ0) is 17.8. The number of aromatic amines is 1. The quantitative estimate of drug-likeness (QED) is 0.729. The number of hydrogen-bond acceptors (Lipinski definition) is 4. The minimum Gasteiger partial charge on any atom is -0.490 e. The second-order valence-electron chi connectivity index (χ2n) is 6.39. The summed E-state index contributed by atoms with van der Waals surface area (Å²) in [7, 11) is 0. The molecule has 0 spiro atoms. The molecule has 0 radical (unpaired) electrons. The van der Waals surface area contributed by atoms with Crippen LogP contribution in [0, 0.1) is 0 Å². The predicted octanol–water partition coefficient (Wildman–Crippen LogP) is 4.05. The summed E-state index contributed by atoms with van der Waals surface area (Å²) in [5, 5.41) is 9.59. The lowest BCUT2D eigenvalue weighted by Crippen LogP contribution is -2.17. The van der Waals surface area contributed by atoms with E-state index in [0.717, 1.165) is 18.4 Å². The van der Waals surface area contributed by atoms with Crippen LogP contribution in [0.5, 0.6) is 5.75 Å². The van der Waals surface area contributed by atoms with Gasteiger partial charge in [0.05, 0.1) is 11.7 Å². The average molecular weight is 348 g/mol. The zero-order valence-electron chi connectivity index (χ0n) is 14.3. The van der Waals surface area contributed by atoms with E-state index < -0.39 is 0 Å². The molecule has 1 amide bonds. The van der Waals surface area contributed by atoms with Crippen molar-refractivity contribution in [3.05, 3.63) is 60.4 Å². The Morgan fingerprint density at radius 2 is 1.85 bits per heavy atom. The third kappa shape index (κ3) is 3.59. The van der Waals surface area contributed by atoms with Crippen molar-refractivity contribution in [2.24, 2.45) is 0 Å². The van der Waals surface area contributed by atoms with E-state index in [9.17, 15) is 4.79 Å². The molecule has 1 aromatic heterocycles. The summed E-state index contributed by atoms with van der Waals surface area (Å²) in [5.74, 6) is 1.17. The number of aromatic nitrogens is 3. The van der Waals surface area contributed by atoms with Gasteiger partial charge in [0.2, 0.25) is 0 Å². The molecule has 0 atom stereocenters. The molecule has 132 valence electrons. The van der Waals surface area contributed by atoms with Crippen molar-refractivity contribution >= 4 is 11.6 Å². The van der Waals surface area contributed by atoms with Gasteiger partial charge in [-0.25, -0.2) is 4.98 Å². The Morgan fingerprint density at radius 3 is 2.58 bits per heavy atom. The number of hydrogen-bond donors (Lipinski definition) is 2. The summed E-state index contributed by atoms with van der Waals surface area (Å²) in [5.41, 5.74) is 2.18. The summed E-state index contributed by atoms with van der Waals surface area (Å²) in [6.07, 6.45) is 6.17. The van der Waals surface area contributed by atoms with E-state index in [-0.39, 0.29) is 12.0 Å². The van der Waals surface area contributed by atoms with E-state index in [1.54, 1.807) is 6.07 Å². The Hall–Kier alpha value is -3.15. The highest BCUT2D eigenvalue weighted by atomic mass is 16.5. The Morgan fingerprint density at radius 1 is 1.08 bits per heavy atom. The summed E-state index contributed by atoms with van der Waals surface area (Å²) in [6, 6.07) is 14.9. The average Bonchev–Trinajstić information content (AvgIpc) is 3.37. The van der Waals surface area contributed by atoms with E-state index in [0.29, 0.717) is 22.8 Å². The van der Waals surface area contributed by atoms with E-state index in [1.165, 1.54) is 19.2 Å². The summed E-state index contributed by atoms with van der Waals surface area (Å²) in [4.78, 5) is 16.8. The summed E-state index contributed by atoms with van der Waals surface area (Å²) in [6.45, 7) is 0. The van der Waals surface area contributed by atoms with Crippen molar-refractivity contribution in [1.82, 2.24) is 15.2 Å². The van der Waals surface area contributed by atoms with Gasteiger partial charge in [0, 0.05) is 11.3 Å². The molecule has 6 heteroatoms. The van der Waals surface area contributed by atoms with Crippen molar-refractivity contribution in [2.45, 2.75) is 31.8 Å². The maximum atomic E-state index is 12.7. The molecule has 0 unspecified atom stereocenters. The van der Waals surface area contributed by atoms with Gasteiger partial charge in [0.25, 0.3) is 5.91 Å². The van der Waals surface area contributed by atoms with E-state index in [1.807, 2.05) is 42.5 Å². The maximum absolute atomic E-state index is 12.7. The Bertz CT molecular complexity index is 869. The number of rotatable bonds is 5. The first-order chi connectivity index (χ1) is 12.8. The van der Waals surface area contributed by atoms with E-state index in [2.05, 4.69) is 20.5 Å². The summed E-state index contributed by atoms with van der Waals surface area (Å²) < 4.78 is 6.05. The van der Waals surface area contributed by atoms with Crippen LogP contribution in [-0.2, 0) is 0 Å². The molecule has 0 saturated heterocycles. The van der Waals surface area contributed by atoms with Crippen LogP contribution in [0.2, 0.25) is 0 Å². The van der Waals surface area contributed by atoms with Gasteiger partial charge in [-0.05, 0) is 62.1 Å². The van der Waals surface area contributed by atoms with Gasteiger partial charge in [0.1, 0.15) is 12.1 Å². The zero-order valence-corrected chi connectivity index (χ0v) is 14.3. The van der Waals surface area contributed by atoms with Crippen LogP contribution < -0.4 is 10.1 Å². The third-order valence-corrected chi connectivity index (χ3v) is 4.56. The molecule has 1 heterocycles. The topological polar surface area (TPSA) is 79.9 Å². The first-order valence-electron chi connectivity index (χ1n) is 8.82. The minimum atomic E-state index is -0.175. The number of carbonyl (C=O) groups is 1. The normalized spacial score (nSPS) is 14.3. The number of para-hydroxylation sites is 1. The van der Waals surface area contributed by atoms with Crippen LogP contribution in [0.25, 0.3) is 11.4 Å². The fourth-order valence-electron chi connectivity index (χ4n) is 3.20. The predicted molar refractivity (Wildman–Crippen MR) is 99.1 cm³/mol. The number of nitrogens with zero attached hydrogens (tertiary/aromatic N) is 2. The van der Waals surface area contributed by atoms with Gasteiger partial charge in [0.15, 0.2) is 5.82 Å². The number of carbonyl (C=O) groups excluding carboxylic acids is 1. The van der Waals surface area contributed by atoms with Crippen LogP contribution in [0.15, 0.2) is 54.9 Å². The number of amides is 1. The maximum Gasteiger partial charge on any atom is 0.259 e. The van der Waals surface area contributed by atoms with Gasteiger partial charge in [-0.2, -0.15) is 5.10 Å².